The molecule has 0 atom stereocenters. The molecule has 0 aliphatic carbocycles. The highest BCUT2D eigenvalue weighted by Crippen LogP contribution is 2.15. The van der Waals surface area contributed by atoms with Crippen molar-refractivity contribution in [1.82, 2.24) is 15.5 Å². The van der Waals surface area contributed by atoms with Crippen LogP contribution in [0.15, 0.2) is 21.5 Å². The van der Waals surface area contributed by atoms with Crippen molar-refractivity contribution in [3.63, 3.8) is 0 Å². The minimum atomic E-state index is 0.147. The van der Waals surface area contributed by atoms with Gasteiger partial charge in [-0.1, -0.05) is 0 Å². The fourth-order valence-corrected chi connectivity index (χ4v) is 2.49. The summed E-state index contributed by atoms with van der Waals surface area (Å²) in [5.41, 5.74) is 0. The summed E-state index contributed by atoms with van der Waals surface area (Å²) in [6.07, 6.45) is 1.89. The van der Waals surface area contributed by atoms with Crippen molar-refractivity contribution in [3.05, 3.63) is 23.7 Å². The first-order valence-corrected chi connectivity index (χ1v) is 8.43. The third-order valence-corrected chi connectivity index (χ3v) is 3.52. The van der Waals surface area contributed by atoms with E-state index in [0.717, 1.165) is 36.1 Å². The molecule has 6 nitrogen and oxygen atoms in total. The van der Waals surface area contributed by atoms with E-state index in [2.05, 4.69) is 20.5 Å². The largest absolute Gasteiger partial charge is 0.464 e. The number of nitrogens with one attached hydrogen (secondary N) is 2. The van der Waals surface area contributed by atoms with Gasteiger partial charge in [-0.15, -0.1) is 0 Å². The predicted octanol–water partition coefficient (Wildman–Crippen LogP) is 2.00. The van der Waals surface area contributed by atoms with Crippen LogP contribution >= 0.6 is 11.8 Å². The highest BCUT2D eigenvalue weighted by molar-refractivity contribution is 7.98. The van der Waals surface area contributed by atoms with E-state index in [1.54, 1.807) is 11.8 Å². The van der Waals surface area contributed by atoms with Crippen molar-refractivity contribution in [2.75, 3.05) is 26.4 Å². The van der Waals surface area contributed by atoms with Crippen molar-refractivity contribution >= 4 is 17.7 Å². The van der Waals surface area contributed by atoms with E-state index in [1.807, 2.05) is 46.3 Å². The molecule has 0 bridgehead atoms. The molecule has 0 unspecified atom stereocenters. The minimum absolute atomic E-state index is 0.147. The highest BCUT2D eigenvalue weighted by Gasteiger charge is 2.04. The molecule has 2 N–H and O–H groups in total. The Morgan fingerprint density at radius 1 is 1.41 bits per heavy atom. The molecule has 1 rings (SSSR count). The monoisotopic (exact) mass is 323 g/mol. The molecule has 1 aromatic rings. The maximum absolute atomic E-state index is 8.66. The van der Waals surface area contributed by atoms with Gasteiger partial charge in [0.15, 0.2) is 6.19 Å². The van der Waals surface area contributed by atoms with Crippen LogP contribution in [0.5, 0.6) is 0 Å². The van der Waals surface area contributed by atoms with Gasteiger partial charge in [0, 0.05) is 18.3 Å². The zero-order valence-electron chi connectivity index (χ0n) is 13.7. The van der Waals surface area contributed by atoms with Crippen molar-refractivity contribution < 1.29 is 4.42 Å². The molecular weight excluding hydrogens is 298 g/mol. The topological polar surface area (TPSA) is 76.6 Å². The number of furan rings is 1. The lowest BCUT2D eigenvalue weighted by atomic mass is 10.4. The first-order chi connectivity index (χ1) is 10.5. The summed E-state index contributed by atoms with van der Waals surface area (Å²) in [5, 5.41) is 14.3. The fraction of sp³-hybridized carbons (Fsp3) is 0.600. The smallest absolute Gasteiger partial charge is 0.204 e. The maximum Gasteiger partial charge on any atom is 0.204 e. The van der Waals surface area contributed by atoms with Gasteiger partial charge in [-0.2, -0.15) is 17.0 Å². The Balaban J connectivity index is 2.24. The molecule has 1 heterocycles. The number of aliphatic imine (C=N–C) groups is 1. The second kappa shape index (κ2) is 10.1. The van der Waals surface area contributed by atoms with Crippen LogP contribution in [0.25, 0.3) is 0 Å². The quantitative estimate of drug-likeness (QED) is 0.250. The van der Waals surface area contributed by atoms with E-state index < -0.39 is 0 Å². The van der Waals surface area contributed by atoms with Crippen LogP contribution in [0.2, 0.25) is 0 Å². The van der Waals surface area contributed by atoms with Crippen LogP contribution in [-0.2, 0) is 12.3 Å². The molecular formula is C15H25N5OS. The number of nitriles is 1. The molecule has 122 valence electrons. The summed E-state index contributed by atoms with van der Waals surface area (Å²) in [7, 11) is 4.04. The molecule has 0 saturated heterocycles. The Labute approximate surface area is 137 Å². The first kappa shape index (κ1) is 18.4. The van der Waals surface area contributed by atoms with Gasteiger partial charge in [-0.25, -0.2) is 4.99 Å². The minimum Gasteiger partial charge on any atom is -0.464 e. The number of guanidine groups is 1. The van der Waals surface area contributed by atoms with Crippen molar-refractivity contribution in [1.29, 1.82) is 5.26 Å². The number of rotatable bonds is 8. The van der Waals surface area contributed by atoms with Crippen molar-refractivity contribution in [3.8, 4) is 6.19 Å². The summed E-state index contributed by atoms with van der Waals surface area (Å²) >= 11 is 1.78. The van der Waals surface area contributed by atoms with E-state index in [0.29, 0.717) is 5.96 Å². The molecule has 0 aliphatic heterocycles. The molecule has 1 aromatic heterocycles. The average Bonchev–Trinajstić information content (AvgIpc) is 2.84. The van der Waals surface area contributed by atoms with Crippen molar-refractivity contribution in [2.24, 2.45) is 4.99 Å². The van der Waals surface area contributed by atoms with Gasteiger partial charge >= 0.3 is 0 Å². The SMILES string of the molecule is CC(C)/N=C(\NC#N)NCCSCc1ccc(CN(C)C)o1. The molecule has 0 amide bonds. The normalized spacial score (nSPS) is 11.8. The Morgan fingerprint density at radius 3 is 2.77 bits per heavy atom. The van der Waals surface area contributed by atoms with Crippen LogP contribution in [0, 0.1) is 11.5 Å². The van der Waals surface area contributed by atoms with E-state index >= 15 is 0 Å². The van der Waals surface area contributed by atoms with Gasteiger partial charge in [0.05, 0.1) is 12.3 Å². The van der Waals surface area contributed by atoms with Crippen LogP contribution < -0.4 is 10.6 Å². The Kier molecular flexibility index (Phi) is 8.48. The summed E-state index contributed by atoms with van der Waals surface area (Å²) < 4.78 is 5.75. The van der Waals surface area contributed by atoms with E-state index in [4.69, 9.17) is 9.68 Å². The molecule has 0 aromatic carbocycles. The van der Waals surface area contributed by atoms with E-state index in [-0.39, 0.29) is 6.04 Å². The van der Waals surface area contributed by atoms with Crippen LogP contribution in [-0.4, -0.2) is 43.3 Å². The standard InChI is InChI=1S/C15H25N5OS/c1-12(2)19-15(18-11-16)17-7-8-22-10-14-6-5-13(21-14)9-20(3)4/h5-6,12H,7-10H2,1-4H3,(H2,17,18,19). The fourth-order valence-electron chi connectivity index (χ4n) is 1.74. The highest BCUT2D eigenvalue weighted by atomic mass is 32.2. The maximum atomic E-state index is 8.66. The van der Waals surface area contributed by atoms with Gasteiger partial charge in [0.1, 0.15) is 11.5 Å². The third-order valence-electron chi connectivity index (χ3n) is 2.53. The van der Waals surface area contributed by atoms with Crippen LogP contribution in [0.1, 0.15) is 25.4 Å². The first-order valence-electron chi connectivity index (χ1n) is 7.28. The number of hydrogen-bond acceptors (Lipinski definition) is 5. The third kappa shape index (κ3) is 7.96. The molecule has 22 heavy (non-hydrogen) atoms. The second-order valence-electron chi connectivity index (χ2n) is 5.39. The zero-order valence-corrected chi connectivity index (χ0v) is 14.5. The summed E-state index contributed by atoms with van der Waals surface area (Å²) in [4.78, 5) is 6.37. The van der Waals surface area contributed by atoms with Crippen LogP contribution in [0.4, 0.5) is 0 Å². The molecule has 0 aliphatic rings. The lowest BCUT2D eigenvalue weighted by molar-refractivity contribution is 0.344. The number of hydrogen-bond donors (Lipinski definition) is 2. The van der Waals surface area contributed by atoms with Crippen LogP contribution in [0.3, 0.4) is 0 Å². The predicted molar refractivity (Wildman–Crippen MR) is 91.6 cm³/mol. The summed E-state index contributed by atoms with van der Waals surface area (Å²) in [6, 6.07) is 4.20. The van der Waals surface area contributed by atoms with E-state index in [1.165, 1.54) is 0 Å². The summed E-state index contributed by atoms with van der Waals surface area (Å²) in [5.74, 6) is 4.27. The average molecular weight is 323 g/mol. The zero-order chi connectivity index (χ0) is 16.4. The number of nitrogens with zero attached hydrogens (tertiary/aromatic N) is 3. The van der Waals surface area contributed by atoms with Gasteiger partial charge in [0.25, 0.3) is 0 Å². The molecule has 0 fully saturated rings. The summed E-state index contributed by atoms with van der Waals surface area (Å²) in [6.45, 7) is 5.51. The lowest BCUT2D eigenvalue weighted by Crippen LogP contribution is -2.36. The lowest BCUT2D eigenvalue weighted by Gasteiger charge is -2.09. The van der Waals surface area contributed by atoms with Gasteiger partial charge in [0.2, 0.25) is 5.96 Å². The van der Waals surface area contributed by atoms with Gasteiger partial charge in [-0.05, 0) is 40.1 Å². The second-order valence-corrected chi connectivity index (χ2v) is 6.50. The molecule has 0 spiro atoms. The Bertz CT molecular complexity index is 504. The number of thioether (sulfide) groups is 1. The van der Waals surface area contributed by atoms with Crippen molar-refractivity contribution in [2.45, 2.75) is 32.2 Å². The molecule has 7 heteroatoms. The van der Waals surface area contributed by atoms with Gasteiger partial charge in [-0.3, -0.25) is 5.32 Å². The van der Waals surface area contributed by atoms with E-state index in [9.17, 15) is 0 Å². The Hall–Kier alpha value is -1.65. The molecule has 0 radical (unpaired) electrons. The molecule has 0 saturated carbocycles. The Morgan fingerprint density at radius 2 is 2.14 bits per heavy atom. The van der Waals surface area contributed by atoms with Gasteiger partial charge < -0.3 is 14.6 Å².